The fourth-order valence-corrected chi connectivity index (χ4v) is 3.17. The first-order valence-corrected chi connectivity index (χ1v) is 7.43. The van der Waals surface area contributed by atoms with Gasteiger partial charge in [0.2, 0.25) is 0 Å². The summed E-state index contributed by atoms with van der Waals surface area (Å²) in [5, 5.41) is 17.3. The first-order valence-electron chi connectivity index (χ1n) is 7.43. The minimum atomic E-state index is -0.909. The van der Waals surface area contributed by atoms with Crippen molar-refractivity contribution in [2.45, 2.75) is 31.6 Å². The molecule has 1 aromatic heterocycles. The Labute approximate surface area is 122 Å². The number of carboxylic acid groups (broad SMARTS) is 1. The van der Waals surface area contributed by atoms with Crippen molar-refractivity contribution in [3.63, 3.8) is 0 Å². The molecule has 5 heteroatoms. The summed E-state index contributed by atoms with van der Waals surface area (Å²) >= 11 is 0. The topological polar surface area (TPSA) is 67.1 Å². The lowest BCUT2D eigenvalue weighted by molar-refractivity contribution is 0.0697. The molecule has 2 N–H and O–H groups in total. The van der Waals surface area contributed by atoms with Crippen molar-refractivity contribution in [2.75, 3.05) is 11.9 Å². The molecule has 1 aliphatic carbocycles. The molecule has 0 radical (unpaired) electrons. The van der Waals surface area contributed by atoms with E-state index in [2.05, 4.69) is 5.32 Å². The minimum Gasteiger partial charge on any atom is -0.478 e. The van der Waals surface area contributed by atoms with Gasteiger partial charge in [0, 0.05) is 18.0 Å². The zero-order valence-electron chi connectivity index (χ0n) is 11.7. The predicted molar refractivity (Wildman–Crippen MR) is 79.3 cm³/mol. The van der Waals surface area contributed by atoms with Gasteiger partial charge in [-0.3, -0.25) is 0 Å². The van der Waals surface area contributed by atoms with Gasteiger partial charge in [0.1, 0.15) is 5.82 Å². The van der Waals surface area contributed by atoms with Gasteiger partial charge in [-0.25, -0.2) is 9.48 Å². The Morgan fingerprint density at radius 2 is 2.24 bits per heavy atom. The van der Waals surface area contributed by atoms with Gasteiger partial charge in [-0.05, 0) is 37.5 Å². The lowest BCUT2D eigenvalue weighted by atomic mass is 9.81. The van der Waals surface area contributed by atoms with E-state index in [9.17, 15) is 4.79 Å². The highest BCUT2D eigenvalue weighted by Gasteiger charge is 2.30. The Bertz CT molecular complexity index is 716. The summed E-state index contributed by atoms with van der Waals surface area (Å²) in [5.74, 6) is 0.717. The number of nitrogens with one attached hydrogen (secondary N) is 1. The van der Waals surface area contributed by atoms with Crippen LogP contribution in [0.1, 0.15) is 46.8 Å². The highest BCUT2D eigenvalue weighted by atomic mass is 16.4. The van der Waals surface area contributed by atoms with Crippen LogP contribution in [-0.4, -0.2) is 27.4 Å². The van der Waals surface area contributed by atoms with Crippen LogP contribution in [0.4, 0.5) is 5.82 Å². The number of hydrogen-bond acceptors (Lipinski definition) is 3. The van der Waals surface area contributed by atoms with Gasteiger partial charge in [-0.2, -0.15) is 5.10 Å². The van der Waals surface area contributed by atoms with E-state index in [1.807, 2.05) is 10.7 Å². The molecule has 2 aliphatic rings. The Morgan fingerprint density at radius 3 is 2.95 bits per heavy atom. The molecule has 0 amide bonds. The fraction of sp³-hybridized carbons (Fsp3) is 0.375. The predicted octanol–water partition coefficient (Wildman–Crippen LogP) is 2.81. The van der Waals surface area contributed by atoms with Crippen molar-refractivity contribution in [2.24, 2.45) is 0 Å². The smallest absolute Gasteiger partial charge is 0.335 e. The van der Waals surface area contributed by atoms with Crippen LogP contribution in [0.5, 0.6) is 0 Å². The largest absolute Gasteiger partial charge is 0.478 e. The second-order valence-corrected chi connectivity index (χ2v) is 5.78. The quantitative estimate of drug-likeness (QED) is 0.909. The van der Waals surface area contributed by atoms with Gasteiger partial charge in [0.15, 0.2) is 0 Å². The molecule has 0 bridgehead atoms. The molecule has 0 atom stereocenters. The van der Waals surface area contributed by atoms with Crippen LogP contribution in [-0.2, 0) is 6.42 Å². The number of anilines is 1. The third-order valence-electron chi connectivity index (χ3n) is 4.51. The van der Waals surface area contributed by atoms with Crippen LogP contribution in [0, 0.1) is 0 Å². The Morgan fingerprint density at radius 1 is 1.38 bits per heavy atom. The molecule has 1 fully saturated rings. The number of carbonyl (C=O) groups is 1. The van der Waals surface area contributed by atoms with Gasteiger partial charge in [-0.15, -0.1) is 0 Å². The summed E-state index contributed by atoms with van der Waals surface area (Å²) in [4.78, 5) is 11.1. The van der Waals surface area contributed by atoms with E-state index >= 15 is 0 Å². The summed E-state index contributed by atoms with van der Waals surface area (Å²) in [6.07, 6.45) is 4.74. The van der Waals surface area contributed by atoms with Crippen molar-refractivity contribution in [1.82, 2.24) is 9.78 Å². The van der Waals surface area contributed by atoms with Crippen LogP contribution in [0.2, 0.25) is 0 Å². The molecule has 2 aromatic rings. The van der Waals surface area contributed by atoms with Gasteiger partial charge in [0.05, 0.1) is 16.9 Å². The first kappa shape index (κ1) is 12.4. The molecule has 0 saturated heterocycles. The van der Waals surface area contributed by atoms with Crippen LogP contribution in [0.15, 0.2) is 24.3 Å². The maximum atomic E-state index is 11.1. The maximum absolute atomic E-state index is 11.1. The van der Waals surface area contributed by atoms with Crippen molar-refractivity contribution < 1.29 is 9.90 Å². The summed E-state index contributed by atoms with van der Waals surface area (Å²) in [6.45, 7) is 0.936. The molecule has 0 spiro atoms. The van der Waals surface area contributed by atoms with E-state index in [4.69, 9.17) is 10.2 Å². The average molecular weight is 283 g/mol. The summed E-state index contributed by atoms with van der Waals surface area (Å²) < 4.78 is 1.88. The molecule has 1 aliphatic heterocycles. The number of hydrogen-bond donors (Lipinski definition) is 2. The van der Waals surface area contributed by atoms with Crippen LogP contribution < -0.4 is 5.32 Å². The monoisotopic (exact) mass is 283 g/mol. The molecule has 2 heterocycles. The number of aromatic nitrogens is 2. The maximum Gasteiger partial charge on any atom is 0.335 e. The summed E-state index contributed by atoms with van der Waals surface area (Å²) in [6, 6.07) is 6.96. The van der Waals surface area contributed by atoms with E-state index < -0.39 is 5.97 Å². The van der Waals surface area contributed by atoms with E-state index in [0.29, 0.717) is 11.5 Å². The van der Waals surface area contributed by atoms with Crippen molar-refractivity contribution >= 4 is 11.8 Å². The number of fused-ring (bicyclic) bond motifs is 1. The highest BCUT2D eigenvalue weighted by molar-refractivity contribution is 5.88. The second kappa shape index (κ2) is 4.62. The van der Waals surface area contributed by atoms with Gasteiger partial charge in [0.25, 0.3) is 0 Å². The molecular formula is C16H17N3O2. The third-order valence-corrected chi connectivity index (χ3v) is 4.51. The number of carboxylic acids is 1. The third kappa shape index (κ3) is 1.92. The molecule has 1 aromatic carbocycles. The van der Waals surface area contributed by atoms with Crippen molar-refractivity contribution in [3.8, 4) is 5.69 Å². The summed E-state index contributed by atoms with van der Waals surface area (Å²) in [5.41, 5.74) is 3.63. The van der Waals surface area contributed by atoms with Crippen LogP contribution in [0.3, 0.4) is 0 Å². The second-order valence-electron chi connectivity index (χ2n) is 5.78. The molecule has 108 valence electrons. The molecular weight excluding hydrogens is 266 g/mol. The van der Waals surface area contributed by atoms with E-state index in [0.717, 1.165) is 24.5 Å². The van der Waals surface area contributed by atoms with Gasteiger partial charge < -0.3 is 10.4 Å². The molecule has 0 unspecified atom stereocenters. The van der Waals surface area contributed by atoms with Gasteiger partial charge in [-0.1, -0.05) is 12.5 Å². The molecule has 21 heavy (non-hydrogen) atoms. The Kier molecular flexibility index (Phi) is 2.74. The normalized spacial score (nSPS) is 17.1. The standard InChI is InChI=1S/C16H17N3O2/c20-16(21)11-5-2-6-12(9-11)19-15-13(7-8-17-15)14(18-19)10-3-1-4-10/h2,5-6,9-10,17H,1,3-4,7-8H2,(H,20,21). The Balaban J connectivity index is 1.81. The van der Waals surface area contributed by atoms with E-state index in [1.165, 1.54) is 30.5 Å². The molecule has 4 rings (SSSR count). The zero-order chi connectivity index (χ0) is 14.4. The average Bonchev–Trinajstić information content (AvgIpc) is 3.00. The van der Waals surface area contributed by atoms with E-state index in [1.54, 1.807) is 18.2 Å². The van der Waals surface area contributed by atoms with Crippen LogP contribution in [0.25, 0.3) is 5.69 Å². The first-order chi connectivity index (χ1) is 10.2. The number of rotatable bonds is 3. The van der Waals surface area contributed by atoms with E-state index in [-0.39, 0.29) is 0 Å². The molecule has 1 saturated carbocycles. The zero-order valence-corrected chi connectivity index (χ0v) is 11.7. The van der Waals surface area contributed by atoms with Crippen molar-refractivity contribution in [3.05, 3.63) is 41.1 Å². The fourth-order valence-electron chi connectivity index (χ4n) is 3.17. The Hall–Kier alpha value is -2.30. The summed E-state index contributed by atoms with van der Waals surface area (Å²) in [7, 11) is 0. The number of benzene rings is 1. The SMILES string of the molecule is O=C(O)c1cccc(-n2nc(C3CCC3)c3c2NCC3)c1. The minimum absolute atomic E-state index is 0.292. The molecule has 5 nitrogen and oxygen atoms in total. The van der Waals surface area contributed by atoms with Crippen LogP contribution >= 0.6 is 0 Å². The van der Waals surface area contributed by atoms with Crippen molar-refractivity contribution in [1.29, 1.82) is 0 Å². The van der Waals surface area contributed by atoms with Gasteiger partial charge >= 0.3 is 5.97 Å². The number of nitrogens with zero attached hydrogens (tertiary/aromatic N) is 2. The lowest BCUT2D eigenvalue weighted by Gasteiger charge is -2.24. The highest BCUT2D eigenvalue weighted by Crippen LogP contribution is 2.41. The lowest BCUT2D eigenvalue weighted by Crippen LogP contribution is -2.12. The number of aromatic carboxylic acids is 1.